The summed E-state index contributed by atoms with van der Waals surface area (Å²) in [6, 6.07) is 1.38. The van der Waals surface area contributed by atoms with E-state index in [1.54, 1.807) is 22.6 Å². The number of hydrogen-bond donors (Lipinski definition) is 1. The number of carbonyl (C=O) groups excluding carboxylic acids is 1. The van der Waals surface area contributed by atoms with Gasteiger partial charge in [-0.1, -0.05) is 0 Å². The average molecular weight is 330 g/mol. The molecule has 6 heteroatoms. The minimum atomic E-state index is -4.52. The number of hydrogen-bond acceptors (Lipinski definition) is 2. The molecule has 0 aliphatic carbocycles. The topological polar surface area (TPSA) is 37.3 Å². The molecule has 0 spiro atoms. The van der Waals surface area contributed by atoms with E-state index in [4.69, 9.17) is 0 Å². The summed E-state index contributed by atoms with van der Waals surface area (Å²) < 4.78 is 36.9. The normalized spacial score (nSPS) is 11.5. The highest BCUT2D eigenvalue weighted by Gasteiger charge is 2.32. The van der Waals surface area contributed by atoms with E-state index in [9.17, 15) is 23.1 Å². The minimum absolute atomic E-state index is 0.0800. The molecule has 0 unspecified atom stereocenters. The molecule has 1 N–H and O–H groups in total. The van der Waals surface area contributed by atoms with Crippen molar-refractivity contribution < 1.29 is 23.1 Å². The molecule has 0 amide bonds. The maximum atomic E-state index is 12.3. The fourth-order valence-corrected chi connectivity index (χ4v) is 2.10. The number of carbonyl (C=O) groups is 1. The van der Waals surface area contributed by atoms with Crippen molar-refractivity contribution in [1.82, 2.24) is 0 Å². The van der Waals surface area contributed by atoms with Gasteiger partial charge in [0.25, 0.3) is 0 Å². The van der Waals surface area contributed by atoms with Crippen molar-refractivity contribution in [2.45, 2.75) is 13.1 Å². The monoisotopic (exact) mass is 330 g/mol. The maximum absolute atomic E-state index is 12.3. The van der Waals surface area contributed by atoms with E-state index in [0.29, 0.717) is 6.07 Å². The zero-order valence-corrected chi connectivity index (χ0v) is 9.68. The summed E-state index contributed by atoms with van der Waals surface area (Å²) in [4.78, 5) is 11.0. The summed E-state index contributed by atoms with van der Waals surface area (Å²) in [6.45, 7) is 1.18. The van der Waals surface area contributed by atoms with Gasteiger partial charge < -0.3 is 5.11 Å². The number of aromatic hydroxyl groups is 1. The number of Topliss-reactive ketones (excluding diaryl/α,β-unsaturated/α-hetero) is 1. The van der Waals surface area contributed by atoms with E-state index in [1.807, 2.05) is 0 Å². The van der Waals surface area contributed by atoms with Crippen LogP contribution >= 0.6 is 22.6 Å². The van der Waals surface area contributed by atoms with Crippen molar-refractivity contribution in [1.29, 1.82) is 0 Å². The van der Waals surface area contributed by atoms with Crippen LogP contribution < -0.4 is 0 Å². The van der Waals surface area contributed by atoms with Gasteiger partial charge >= 0.3 is 6.18 Å². The van der Waals surface area contributed by atoms with Crippen LogP contribution in [0.3, 0.4) is 0 Å². The number of phenolic OH excluding ortho intramolecular Hbond substituents is 1. The Labute approximate surface area is 97.2 Å². The first-order valence-corrected chi connectivity index (χ1v) is 4.92. The molecule has 0 saturated carbocycles. The molecule has 82 valence electrons. The third-order valence-electron chi connectivity index (χ3n) is 1.75. The van der Waals surface area contributed by atoms with Gasteiger partial charge in [0.2, 0.25) is 0 Å². The van der Waals surface area contributed by atoms with Crippen LogP contribution in [0.4, 0.5) is 13.2 Å². The van der Waals surface area contributed by atoms with Crippen molar-refractivity contribution in [3.05, 3.63) is 26.8 Å². The van der Waals surface area contributed by atoms with E-state index >= 15 is 0 Å². The van der Waals surface area contributed by atoms with E-state index < -0.39 is 23.3 Å². The zero-order valence-electron chi connectivity index (χ0n) is 7.52. The van der Waals surface area contributed by atoms with Gasteiger partial charge in [0.1, 0.15) is 5.75 Å². The second kappa shape index (κ2) is 3.99. The quantitative estimate of drug-likeness (QED) is 0.634. The Balaban J connectivity index is 3.39. The molecule has 0 heterocycles. The third kappa shape index (κ3) is 2.61. The van der Waals surface area contributed by atoms with Gasteiger partial charge in [0.15, 0.2) is 5.78 Å². The first-order valence-electron chi connectivity index (χ1n) is 3.84. The maximum Gasteiger partial charge on any atom is 0.416 e. The smallest absolute Gasteiger partial charge is 0.416 e. The lowest BCUT2D eigenvalue weighted by Crippen LogP contribution is -2.07. The van der Waals surface area contributed by atoms with Crippen LogP contribution in [-0.4, -0.2) is 10.9 Å². The van der Waals surface area contributed by atoms with E-state index in [0.717, 1.165) is 6.07 Å². The molecule has 1 rings (SSSR count). The van der Waals surface area contributed by atoms with Crippen LogP contribution in [0.25, 0.3) is 0 Å². The molecular formula is C9H6F3IO2. The molecule has 1 aromatic carbocycles. The second-order valence-corrected chi connectivity index (χ2v) is 4.07. The van der Waals surface area contributed by atoms with Crippen molar-refractivity contribution in [2.24, 2.45) is 0 Å². The molecule has 0 radical (unpaired) electrons. The van der Waals surface area contributed by atoms with Crippen molar-refractivity contribution in [2.75, 3.05) is 0 Å². The fourth-order valence-electron chi connectivity index (χ4n) is 1.10. The van der Waals surface area contributed by atoms with Crippen LogP contribution in [0.1, 0.15) is 22.8 Å². The molecule has 1 aromatic rings. The molecule has 2 nitrogen and oxygen atoms in total. The molecule has 0 bridgehead atoms. The number of halogens is 4. The standard InChI is InChI=1S/C9H6F3IO2/c1-4(14)8-6(13)2-5(3-7(8)15)9(10,11)12/h2-3,15H,1H3. The molecule has 0 saturated heterocycles. The Hall–Kier alpha value is -0.790. The fraction of sp³-hybridized carbons (Fsp3) is 0.222. The Kier molecular flexibility index (Phi) is 3.27. The van der Waals surface area contributed by atoms with Gasteiger partial charge in [-0.05, 0) is 41.6 Å². The summed E-state index contributed by atoms with van der Waals surface area (Å²) in [5.74, 6) is -1.10. The highest BCUT2D eigenvalue weighted by Crippen LogP contribution is 2.35. The van der Waals surface area contributed by atoms with Gasteiger partial charge in [-0.25, -0.2) is 0 Å². The first-order chi connectivity index (χ1) is 6.73. The van der Waals surface area contributed by atoms with Crippen LogP contribution in [0.2, 0.25) is 0 Å². The molecule has 15 heavy (non-hydrogen) atoms. The van der Waals surface area contributed by atoms with E-state index in [-0.39, 0.29) is 9.13 Å². The SMILES string of the molecule is CC(=O)c1c(O)cc(C(F)(F)F)cc1I. The van der Waals surface area contributed by atoms with Crippen LogP contribution in [0, 0.1) is 3.57 Å². The summed E-state index contributed by atoms with van der Waals surface area (Å²) in [5, 5.41) is 9.28. The Morgan fingerprint density at radius 3 is 2.27 bits per heavy atom. The predicted molar refractivity (Wildman–Crippen MR) is 55.8 cm³/mol. The molecular weight excluding hydrogens is 324 g/mol. The summed E-state index contributed by atoms with van der Waals surface area (Å²) >= 11 is 1.59. The average Bonchev–Trinajstić information content (AvgIpc) is 1.99. The molecule has 0 fully saturated rings. The van der Waals surface area contributed by atoms with Crippen LogP contribution in [0.15, 0.2) is 12.1 Å². The van der Waals surface area contributed by atoms with Crippen molar-refractivity contribution >= 4 is 28.4 Å². The lowest BCUT2D eigenvalue weighted by molar-refractivity contribution is -0.137. The minimum Gasteiger partial charge on any atom is -0.507 e. The number of ketones is 1. The highest BCUT2D eigenvalue weighted by atomic mass is 127. The lowest BCUT2D eigenvalue weighted by Gasteiger charge is -2.10. The Morgan fingerprint density at radius 2 is 1.93 bits per heavy atom. The first kappa shape index (κ1) is 12.3. The lowest BCUT2D eigenvalue weighted by atomic mass is 10.1. The summed E-state index contributed by atoms with van der Waals surface area (Å²) in [5.41, 5.74) is -1.04. The molecule has 0 aromatic heterocycles. The van der Waals surface area contributed by atoms with Crippen molar-refractivity contribution in [3.63, 3.8) is 0 Å². The van der Waals surface area contributed by atoms with Gasteiger partial charge in [-0.2, -0.15) is 13.2 Å². The number of alkyl halides is 3. The van der Waals surface area contributed by atoms with Gasteiger partial charge in [-0.3, -0.25) is 4.79 Å². The van der Waals surface area contributed by atoms with Gasteiger partial charge in [-0.15, -0.1) is 0 Å². The van der Waals surface area contributed by atoms with E-state index in [2.05, 4.69) is 0 Å². The van der Waals surface area contributed by atoms with Crippen LogP contribution in [0.5, 0.6) is 5.75 Å². The summed E-state index contributed by atoms with van der Waals surface area (Å²) in [6.07, 6.45) is -4.52. The number of rotatable bonds is 1. The molecule has 0 atom stereocenters. The second-order valence-electron chi connectivity index (χ2n) is 2.91. The molecule has 0 aliphatic heterocycles. The zero-order chi connectivity index (χ0) is 11.8. The predicted octanol–water partition coefficient (Wildman–Crippen LogP) is 3.22. The van der Waals surface area contributed by atoms with Gasteiger partial charge in [0, 0.05) is 3.57 Å². The van der Waals surface area contributed by atoms with Crippen molar-refractivity contribution in [3.8, 4) is 5.75 Å². The Bertz CT molecular complexity index is 389. The molecule has 0 aliphatic rings. The highest BCUT2D eigenvalue weighted by molar-refractivity contribution is 14.1. The number of phenols is 1. The van der Waals surface area contributed by atoms with Gasteiger partial charge in [0.05, 0.1) is 11.1 Å². The largest absolute Gasteiger partial charge is 0.507 e. The number of benzene rings is 1. The van der Waals surface area contributed by atoms with Crippen LogP contribution in [-0.2, 0) is 6.18 Å². The van der Waals surface area contributed by atoms with E-state index in [1.165, 1.54) is 6.92 Å². The Morgan fingerprint density at radius 1 is 1.40 bits per heavy atom. The summed E-state index contributed by atoms with van der Waals surface area (Å²) in [7, 11) is 0. The third-order valence-corrected chi connectivity index (χ3v) is 2.60.